The Labute approximate surface area is 94.7 Å². The average Bonchev–Trinajstić information content (AvgIpc) is 2.03. The van der Waals surface area contributed by atoms with Gasteiger partial charge < -0.3 is 5.11 Å². The van der Waals surface area contributed by atoms with Crippen molar-refractivity contribution in [3.05, 3.63) is 10.2 Å². The van der Waals surface area contributed by atoms with Crippen LogP contribution in [-0.4, -0.2) is 11.2 Å². The molecule has 0 amide bonds. The molecule has 2 heteroatoms. The molecule has 1 N–H and O–H groups in total. The highest BCUT2D eigenvalue weighted by atomic mass is 127. The number of rotatable bonds is 5. The van der Waals surface area contributed by atoms with Gasteiger partial charge in [0.15, 0.2) is 0 Å². The van der Waals surface area contributed by atoms with E-state index in [9.17, 15) is 5.11 Å². The first-order valence-electron chi connectivity index (χ1n) is 5.20. The number of hydrogen-bond donors (Lipinski definition) is 1. The highest BCUT2D eigenvalue weighted by Gasteiger charge is 2.41. The molecule has 1 rings (SSSR count). The van der Waals surface area contributed by atoms with Crippen molar-refractivity contribution in [3.63, 3.8) is 0 Å². The highest BCUT2D eigenvalue weighted by molar-refractivity contribution is 14.1. The lowest BCUT2D eigenvalue weighted by Gasteiger charge is -2.45. The number of halogens is 1. The average molecular weight is 294 g/mol. The van der Waals surface area contributed by atoms with Crippen LogP contribution in [0.4, 0.5) is 0 Å². The number of unbranched alkanes of at least 4 members (excludes halogenated alkanes) is 1. The Bertz CT molecular complexity index is 173. The molecule has 1 saturated carbocycles. The quantitative estimate of drug-likeness (QED) is 0.767. The molecule has 1 aliphatic carbocycles. The van der Waals surface area contributed by atoms with Gasteiger partial charge in [0.25, 0.3) is 0 Å². The van der Waals surface area contributed by atoms with Crippen molar-refractivity contribution in [1.29, 1.82) is 0 Å². The lowest BCUT2D eigenvalue weighted by molar-refractivity contribution is -0.0138. The second-order valence-electron chi connectivity index (χ2n) is 4.08. The van der Waals surface area contributed by atoms with Gasteiger partial charge in [0, 0.05) is 0 Å². The van der Waals surface area contributed by atoms with Gasteiger partial charge in [-0.3, -0.25) is 0 Å². The van der Waals surface area contributed by atoms with Crippen LogP contribution >= 0.6 is 22.6 Å². The molecule has 1 nitrogen and oxygen atoms in total. The molecule has 0 spiro atoms. The van der Waals surface area contributed by atoms with E-state index < -0.39 is 0 Å². The third kappa shape index (κ3) is 2.69. The molecular formula is C11H19IO. The summed E-state index contributed by atoms with van der Waals surface area (Å²) in [6.07, 6.45) is 9.17. The summed E-state index contributed by atoms with van der Waals surface area (Å²) in [5, 5.41) is 9.95. The zero-order valence-electron chi connectivity index (χ0n) is 8.30. The predicted molar refractivity (Wildman–Crippen MR) is 65.0 cm³/mol. The van der Waals surface area contributed by atoms with E-state index in [0.717, 1.165) is 0 Å². The zero-order chi connectivity index (χ0) is 9.73. The Balaban J connectivity index is 2.47. The molecule has 1 atom stereocenters. The maximum atomic E-state index is 9.95. The second kappa shape index (κ2) is 5.35. The van der Waals surface area contributed by atoms with Crippen molar-refractivity contribution >= 4 is 22.6 Å². The van der Waals surface area contributed by atoms with E-state index in [0.29, 0.717) is 0 Å². The van der Waals surface area contributed by atoms with E-state index in [1.165, 1.54) is 38.5 Å². The molecule has 1 unspecified atom stereocenters. The van der Waals surface area contributed by atoms with Crippen molar-refractivity contribution in [1.82, 2.24) is 0 Å². The van der Waals surface area contributed by atoms with Gasteiger partial charge in [-0.1, -0.05) is 48.8 Å². The molecule has 0 aromatic rings. The lowest BCUT2D eigenvalue weighted by Crippen LogP contribution is -2.40. The largest absolute Gasteiger partial charge is 0.388 e. The van der Waals surface area contributed by atoms with Crippen LogP contribution in [-0.2, 0) is 0 Å². The van der Waals surface area contributed by atoms with Crippen molar-refractivity contribution < 1.29 is 5.11 Å². The molecule has 0 saturated heterocycles. The molecule has 0 heterocycles. The molecule has 13 heavy (non-hydrogen) atoms. The van der Waals surface area contributed by atoms with E-state index in [-0.39, 0.29) is 11.5 Å². The monoisotopic (exact) mass is 294 g/mol. The Morgan fingerprint density at radius 3 is 2.62 bits per heavy atom. The Morgan fingerprint density at radius 1 is 1.54 bits per heavy atom. The molecule has 1 fully saturated rings. The van der Waals surface area contributed by atoms with Gasteiger partial charge in [-0.2, -0.15) is 0 Å². The minimum absolute atomic E-state index is 0.204. The maximum absolute atomic E-state index is 9.95. The van der Waals surface area contributed by atoms with Gasteiger partial charge in [-0.25, -0.2) is 0 Å². The van der Waals surface area contributed by atoms with Crippen LogP contribution < -0.4 is 0 Å². The fraction of sp³-hybridized carbons (Fsp3) is 0.818. The second-order valence-corrected chi connectivity index (χ2v) is 4.80. The molecule has 0 aliphatic heterocycles. The van der Waals surface area contributed by atoms with Crippen LogP contribution in [0.25, 0.3) is 0 Å². The summed E-state index contributed by atoms with van der Waals surface area (Å²) < 4.78 is 1.94. The third-order valence-electron chi connectivity index (χ3n) is 3.26. The normalized spacial score (nSPS) is 23.0. The molecule has 1 aliphatic rings. The Kier molecular flexibility index (Phi) is 4.73. The topological polar surface area (TPSA) is 20.2 Å². The van der Waals surface area contributed by atoms with Gasteiger partial charge in [0.2, 0.25) is 0 Å². The van der Waals surface area contributed by atoms with Crippen LogP contribution in [0.3, 0.4) is 0 Å². The fourth-order valence-electron chi connectivity index (χ4n) is 2.13. The van der Waals surface area contributed by atoms with E-state index in [2.05, 4.69) is 29.5 Å². The van der Waals surface area contributed by atoms with Crippen LogP contribution in [0.15, 0.2) is 10.2 Å². The number of aliphatic hydroxyl groups is 1. The standard InChI is InChI=1S/C11H19IO/c1-2-3-6-11(7-4-8-11)10(13)5-9-12/h5,9-10,13H,2-4,6-8H2,1H3/b9-5+. The number of aliphatic hydroxyl groups excluding tert-OH is 1. The molecule has 0 aromatic heterocycles. The van der Waals surface area contributed by atoms with Gasteiger partial charge in [-0.15, -0.1) is 0 Å². The molecule has 0 radical (unpaired) electrons. The van der Waals surface area contributed by atoms with Crippen LogP contribution in [0.2, 0.25) is 0 Å². The van der Waals surface area contributed by atoms with Crippen LogP contribution in [0.1, 0.15) is 45.4 Å². The van der Waals surface area contributed by atoms with Crippen LogP contribution in [0.5, 0.6) is 0 Å². The summed E-state index contributed by atoms with van der Waals surface area (Å²) in [4.78, 5) is 0. The van der Waals surface area contributed by atoms with E-state index in [1.807, 2.05) is 10.2 Å². The van der Waals surface area contributed by atoms with E-state index >= 15 is 0 Å². The van der Waals surface area contributed by atoms with Crippen molar-refractivity contribution in [2.75, 3.05) is 0 Å². The minimum Gasteiger partial charge on any atom is -0.388 e. The Morgan fingerprint density at radius 2 is 2.23 bits per heavy atom. The van der Waals surface area contributed by atoms with Crippen molar-refractivity contribution in [3.8, 4) is 0 Å². The maximum Gasteiger partial charge on any atom is 0.0784 e. The van der Waals surface area contributed by atoms with Gasteiger partial charge in [0.1, 0.15) is 0 Å². The van der Waals surface area contributed by atoms with Crippen molar-refractivity contribution in [2.45, 2.75) is 51.6 Å². The van der Waals surface area contributed by atoms with Crippen molar-refractivity contribution in [2.24, 2.45) is 5.41 Å². The number of hydrogen-bond acceptors (Lipinski definition) is 1. The first-order valence-corrected chi connectivity index (χ1v) is 6.45. The highest BCUT2D eigenvalue weighted by Crippen LogP contribution is 2.48. The van der Waals surface area contributed by atoms with Gasteiger partial charge >= 0.3 is 0 Å². The van der Waals surface area contributed by atoms with Gasteiger partial charge in [0.05, 0.1) is 6.10 Å². The molecule has 76 valence electrons. The van der Waals surface area contributed by atoms with Crippen LogP contribution in [0, 0.1) is 5.41 Å². The summed E-state index contributed by atoms with van der Waals surface area (Å²) in [5.74, 6) is 0. The first-order chi connectivity index (χ1) is 6.25. The summed E-state index contributed by atoms with van der Waals surface area (Å²) >= 11 is 2.18. The SMILES string of the molecule is CCCCC1(C(O)/C=C/I)CCC1. The summed E-state index contributed by atoms with van der Waals surface area (Å²) in [6, 6.07) is 0. The summed E-state index contributed by atoms with van der Waals surface area (Å²) in [5.41, 5.74) is 0.248. The van der Waals surface area contributed by atoms with E-state index in [1.54, 1.807) is 0 Å². The van der Waals surface area contributed by atoms with E-state index in [4.69, 9.17) is 0 Å². The third-order valence-corrected chi connectivity index (χ3v) is 3.68. The predicted octanol–water partition coefficient (Wildman–Crippen LogP) is 3.66. The summed E-state index contributed by atoms with van der Waals surface area (Å²) in [7, 11) is 0. The molecule has 0 aromatic carbocycles. The zero-order valence-corrected chi connectivity index (χ0v) is 10.5. The molecular weight excluding hydrogens is 275 g/mol. The molecule has 0 bridgehead atoms. The smallest absolute Gasteiger partial charge is 0.0784 e. The fourth-order valence-corrected chi connectivity index (χ4v) is 2.52. The Hall–Kier alpha value is 0.430. The first kappa shape index (κ1) is 11.5. The minimum atomic E-state index is -0.204. The summed E-state index contributed by atoms with van der Waals surface area (Å²) in [6.45, 7) is 2.22. The lowest BCUT2D eigenvalue weighted by atomic mass is 9.62. The van der Waals surface area contributed by atoms with Gasteiger partial charge in [-0.05, 0) is 34.8 Å².